The van der Waals surface area contributed by atoms with E-state index in [1.807, 2.05) is 6.92 Å². The van der Waals surface area contributed by atoms with Gasteiger partial charge in [-0.05, 0) is 58.4 Å². The second-order valence-electron chi connectivity index (χ2n) is 6.70. The minimum Gasteiger partial charge on any atom is -0.365 e. The molecule has 4 nitrogen and oxygen atoms in total. The molecule has 2 N–H and O–H groups in total. The molecule has 1 unspecified atom stereocenters. The van der Waals surface area contributed by atoms with E-state index in [2.05, 4.69) is 17.6 Å². The summed E-state index contributed by atoms with van der Waals surface area (Å²) in [5, 5.41) is 6.71. The van der Waals surface area contributed by atoms with Gasteiger partial charge in [-0.3, -0.25) is 4.79 Å². The first-order chi connectivity index (χ1) is 10.2. The van der Waals surface area contributed by atoms with E-state index in [1.54, 1.807) is 0 Å². The predicted molar refractivity (Wildman–Crippen MR) is 85.3 cm³/mol. The van der Waals surface area contributed by atoms with Crippen molar-refractivity contribution >= 4 is 5.91 Å². The maximum atomic E-state index is 12.1. The largest absolute Gasteiger partial charge is 0.365 e. The molecule has 0 bridgehead atoms. The average Bonchev–Trinajstić information content (AvgIpc) is 2.99. The fourth-order valence-electron chi connectivity index (χ4n) is 3.49. The minimum atomic E-state index is -0.309. The quantitative estimate of drug-likeness (QED) is 0.759. The van der Waals surface area contributed by atoms with Gasteiger partial charge in [-0.15, -0.1) is 0 Å². The lowest BCUT2D eigenvalue weighted by atomic mass is 9.93. The van der Waals surface area contributed by atoms with Crippen LogP contribution in [0.3, 0.4) is 0 Å². The van der Waals surface area contributed by atoms with Gasteiger partial charge in [0.05, 0.1) is 6.10 Å². The molecule has 0 aromatic heterocycles. The van der Waals surface area contributed by atoms with Crippen LogP contribution in [0, 0.1) is 0 Å². The van der Waals surface area contributed by atoms with Crippen molar-refractivity contribution < 1.29 is 9.53 Å². The lowest BCUT2D eigenvalue weighted by molar-refractivity contribution is -0.137. The third-order valence-electron chi connectivity index (χ3n) is 4.82. The molecule has 0 aromatic rings. The van der Waals surface area contributed by atoms with Crippen molar-refractivity contribution in [1.82, 2.24) is 10.6 Å². The molecule has 0 aromatic carbocycles. The molecule has 0 radical (unpaired) electrons. The first kappa shape index (κ1) is 16.8. The van der Waals surface area contributed by atoms with Gasteiger partial charge in [0.1, 0.15) is 6.10 Å². The molecule has 0 spiro atoms. The molecular formula is C17H32N2O2. The molecule has 2 fully saturated rings. The smallest absolute Gasteiger partial charge is 0.249 e. The Morgan fingerprint density at radius 2 is 1.76 bits per heavy atom. The zero-order valence-electron chi connectivity index (χ0n) is 13.7. The normalized spacial score (nSPS) is 28.5. The molecule has 1 atom stereocenters. The van der Waals surface area contributed by atoms with Gasteiger partial charge in [0, 0.05) is 12.1 Å². The second kappa shape index (κ2) is 8.74. The summed E-state index contributed by atoms with van der Waals surface area (Å²) in [6.07, 6.45) is 10.4. The highest BCUT2D eigenvalue weighted by Gasteiger charge is 2.26. The van der Waals surface area contributed by atoms with Gasteiger partial charge in [-0.2, -0.15) is 0 Å². The lowest BCUT2D eigenvalue weighted by Gasteiger charge is -2.31. The topological polar surface area (TPSA) is 50.4 Å². The van der Waals surface area contributed by atoms with Crippen LogP contribution in [0.5, 0.6) is 0 Å². The summed E-state index contributed by atoms with van der Waals surface area (Å²) in [5.74, 6) is 0.0770. The first-order valence-corrected chi connectivity index (χ1v) is 8.88. The average molecular weight is 296 g/mol. The van der Waals surface area contributed by atoms with Gasteiger partial charge in [0.2, 0.25) is 5.91 Å². The fourth-order valence-corrected chi connectivity index (χ4v) is 3.49. The number of hydrogen-bond acceptors (Lipinski definition) is 3. The molecule has 21 heavy (non-hydrogen) atoms. The summed E-state index contributed by atoms with van der Waals surface area (Å²) >= 11 is 0. The molecule has 0 saturated heterocycles. The van der Waals surface area contributed by atoms with Crippen molar-refractivity contribution in [2.24, 2.45) is 0 Å². The Bertz CT molecular complexity index is 308. The Labute approximate surface area is 129 Å². The van der Waals surface area contributed by atoms with E-state index in [9.17, 15) is 4.79 Å². The summed E-state index contributed by atoms with van der Waals surface area (Å²) in [5.41, 5.74) is 0. The highest BCUT2D eigenvalue weighted by atomic mass is 16.5. The molecular weight excluding hydrogens is 264 g/mol. The summed E-state index contributed by atoms with van der Waals surface area (Å²) in [6.45, 7) is 5.20. The lowest BCUT2D eigenvalue weighted by Crippen LogP contribution is -2.43. The van der Waals surface area contributed by atoms with Gasteiger partial charge in [0.15, 0.2) is 0 Å². The van der Waals surface area contributed by atoms with Crippen molar-refractivity contribution in [3.63, 3.8) is 0 Å². The number of carbonyl (C=O) groups is 1. The van der Waals surface area contributed by atoms with E-state index < -0.39 is 0 Å². The molecule has 4 heteroatoms. The molecule has 0 aliphatic heterocycles. The van der Waals surface area contributed by atoms with Crippen LogP contribution < -0.4 is 10.6 Å². The van der Waals surface area contributed by atoms with Crippen LogP contribution in [0.1, 0.15) is 71.6 Å². The van der Waals surface area contributed by atoms with Crippen molar-refractivity contribution in [3.8, 4) is 0 Å². The molecule has 2 aliphatic carbocycles. The summed E-state index contributed by atoms with van der Waals surface area (Å²) in [7, 11) is 0. The van der Waals surface area contributed by atoms with Crippen molar-refractivity contribution in [2.75, 3.05) is 6.54 Å². The van der Waals surface area contributed by atoms with Crippen LogP contribution in [0.25, 0.3) is 0 Å². The molecule has 2 aliphatic rings. The number of amides is 1. The van der Waals surface area contributed by atoms with Crippen LogP contribution in [0.15, 0.2) is 0 Å². The van der Waals surface area contributed by atoms with E-state index in [0.717, 1.165) is 32.2 Å². The first-order valence-electron chi connectivity index (χ1n) is 8.88. The van der Waals surface area contributed by atoms with Gasteiger partial charge < -0.3 is 15.4 Å². The predicted octanol–water partition coefficient (Wildman–Crippen LogP) is 2.76. The number of nitrogens with one attached hydrogen (secondary N) is 2. The number of hydrogen-bond donors (Lipinski definition) is 2. The Hall–Kier alpha value is -0.610. The van der Waals surface area contributed by atoms with E-state index in [1.165, 1.54) is 32.1 Å². The van der Waals surface area contributed by atoms with Crippen LogP contribution in [-0.2, 0) is 9.53 Å². The van der Waals surface area contributed by atoms with Crippen LogP contribution in [-0.4, -0.2) is 36.7 Å². The zero-order chi connectivity index (χ0) is 15.1. The molecule has 2 saturated carbocycles. The van der Waals surface area contributed by atoms with E-state index >= 15 is 0 Å². The molecule has 0 heterocycles. The van der Waals surface area contributed by atoms with Crippen molar-refractivity contribution in [2.45, 2.75) is 95.9 Å². The Kier molecular flexibility index (Phi) is 6.97. The van der Waals surface area contributed by atoms with Gasteiger partial charge in [-0.1, -0.05) is 19.8 Å². The van der Waals surface area contributed by atoms with E-state index in [0.29, 0.717) is 12.1 Å². The maximum absolute atomic E-state index is 12.1. The van der Waals surface area contributed by atoms with E-state index in [4.69, 9.17) is 4.74 Å². The van der Waals surface area contributed by atoms with Crippen molar-refractivity contribution in [1.29, 1.82) is 0 Å². The highest BCUT2D eigenvalue weighted by molar-refractivity contribution is 5.80. The Morgan fingerprint density at radius 3 is 2.38 bits per heavy atom. The minimum absolute atomic E-state index is 0.0770. The highest BCUT2D eigenvalue weighted by Crippen LogP contribution is 2.23. The Balaban J connectivity index is 1.63. The van der Waals surface area contributed by atoms with Gasteiger partial charge >= 0.3 is 0 Å². The maximum Gasteiger partial charge on any atom is 0.249 e. The van der Waals surface area contributed by atoms with Gasteiger partial charge in [0.25, 0.3) is 0 Å². The fraction of sp³-hybridized carbons (Fsp3) is 0.941. The number of rotatable bonds is 7. The van der Waals surface area contributed by atoms with Crippen LogP contribution in [0.4, 0.5) is 0 Å². The van der Waals surface area contributed by atoms with Gasteiger partial charge in [-0.25, -0.2) is 0 Å². The number of ether oxygens (including phenoxy) is 1. The zero-order valence-corrected chi connectivity index (χ0v) is 13.7. The standard InChI is InChI=1S/C17H32N2O2/c1-3-12-18-14-8-10-16(11-9-14)21-13(2)17(20)19-15-6-4-5-7-15/h13-16,18H,3-12H2,1-2H3,(H,19,20). The third-order valence-corrected chi connectivity index (χ3v) is 4.82. The third kappa shape index (κ3) is 5.59. The summed E-state index contributed by atoms with van der Waals surface area (Å²) < 4.78 is 5.98. The molecule has 2 rings (SSSR count). The van der Waals surface area contributed by atoms with Crippen LogP contribution >= 0.6 is 0 Å². The summed E-state index contributed by atoms with van der Waals surface area (Å²) in [4.78, 5) is 12.1. The van der Waals surface area contributed by atoms with E-state index in [-0.39, 0.29) is 18.1 Å². The molecule has 1 amide bonds. The van der Waals surface area contributed by atoms with Crippen molar-refractivity contribution in [3.05, 3.63) is 0 Å². The second-order valence-corrected chi connectivity index (χ2v) is 6.70. The SMILES string of the molecule is CCCNC1CCC(OC(C)C(=O)NC2CCCC2)CC1. The Morgan fingerprint density at radius 1 is 1.10 bits per heavy atom. The summed E-state index contributed by atoms with van der Waals surface area (Å²) in [6, 6.07) is 1.03. The molecule has 122 valence electrons. The van der Waals surface area contributed by atoms with Crippen LogP contribution in [0.2, 0.25) is 0 Å². The number of carbonyl (C=O) groups excluding carboxylic acids is 1. The monoisotopic (exact) mass is 296 g/mol.